The van der Waals surface area contributed by atoms with E-state index in [4.69, 9.17) is 9.47 Å². The first kappa shape index (κ1) is 20.2. The monoisotopic (exact) mass is 404 g/mol. The van der Waals surface area contributed by atoms with E-state index in [0.29, 0.717) is 12.4 Å². The van der Waals surface area contributed by atoms with Crippen molar-refractivity contribution in [1.82, 2.24) is 10.0 Å². The maximum absolute atomic E-state index is 12.5. The maximum Gasteiger partial charge on any atom is 0.251 e. The molecule has 28 heavy (non-hydrogen) atoms. The third-order valence-electron chi connectivity index (χ3n) is 4.49. The van der Waals surface area contributed by atoms with Crippen LogP contribution in [-0.4, -0.2) is 34.1 Å². The van der Waals surface area contributed by atoms with Gasteiger partial charge in [0.1, 0.15) is 17.6 Å². The van der Waals surface area contributed by atoms with Gasteiger partial charge in [-0.1, -0.05) is 6.07 Å². The number of sulfonamides is 1. The summed E-state index contributed by atoms with van der Waals surface area (Å²) >= 11 is 0. The summed E-state index contributed by atoms with van der Waals surface area (Å²) in [6.45, 7) is 4.67. The number of carbonyl (C=O) groups excluding carboxylic acids is 1. The van der Waals surface area contributed by atoms with E-state index in [1.165, 1.54) is 25.2 Å². The fraction of sp³-hybridized carbons (Fsp3) is 0.350. The van der Waals surface area contributed by atoms with Gasteiger partial charge in [0.15, 0.2) is 0 Å². The molecule has 0 saturated carbocycles. The SMILES string of the molecule is CCOc1cc2c(cc1CNC(=O)c1cccc(S(=O)(=O)NC)c1)O[C@H](C)C2. The number of carbonyl (C=O) groups is 1. The van der Waals surface area contributed by atoms with Crippen molar-refractivity contribution < 1.29 is 22.7 Å². The second-order valence-electron chi connectivity index (χ2n) is 6.55. The summed E-state index contributed by atoms with van der Waals surface area (Å²) in [5, 5.41) is 2.82. The van der Waals surface area contributed by atoms with Gasteiger partial charge in [-0.25, -0.2) is 13.1 Å². The van der Waals surface area contributed by atoms with E-state index in [2.05, 4.69) is 10.0 Å². The minimum atomic E-state index is -3.61. The first-order valence-corrected chi connectivity index (χ1v) is 10.6. The molecule has 1 aliphatic rings. The molecule has 1 heterocycles. The van der Waals surface area contributed by atoms with Crippen LogP contribution in [0.2, 0.25) is 0 Å². The largest absolute Gasteiger partial charge is 0.494 e. The zero-order chi connectivity index (χ0) is 20.3. The molecular formula is C20H24N2O5S. The van der Waals surface area contributed by atoms with Gasteiger partial charge in [-0.2, -0.15) is 0 Å². The zero-order valence-electron chi connectivity index (χ0n) is 16.1. The Hall–Kier alpha value is -2.58. The lowest BCUT2D eigenvalue weighted by Crippen LogP contribution is -2.24. The van der Waals surface area contributed by atoms with Crippen LogP contribution in [0.15, 0.2) is 41.3 Å². The Morgan fingerprint density at radius 1 is 1.29 bits per heavy atom. The van der Waals surface area contributed by atoms with Crippen molar-refractivity contribution in [2.45, 2.75) is 37.8 Å². The van der Waals surface area contributed by atoms with Crippen molar-refractivity contribution in [3.63, 3.8) is 0 Å². The molecule has 3 rings (SSSR count). The first-order chi connectivity index (χ1) is 13.3. The Morgan fingerprint density at radius 2 is 2.07 bits per heavy atom. The van der Waals surface area contributed by atoms with Crippen LogP contribution >= 0.6 is 0 Å². The topological polar surface area (TPSA) is 93.7 Å². The number of ether oxygens (including phenoxy) is 2. The fourth-order valence-electron chi connectivity index (χ4n) is 3.11. The van der Waals surface area contributed by atoms with Gasteiger partial charge in [0.2, 0.25) is 10.0 Å². The highest BCUT2D eigenvalue weighted by atomic mass is 32.2. The molecule has 0 aromatic heterocycles. The van der Waals surface area contributed by atoms with Gasteiger partial charge in [-0.15, -0.1) is 0 Å². The van der Waals surface area contributed by atoms with E-state index in [1.807, 2.05) is 26.0 Å². The molecule has 150 valence electrons. The second kappa shape index (κ2) is 8.20. The lowest BCUT2D eigenvalue weighted by Gasteiger charge is -2.13. The molecule has 1 aliphatic heterocycles. The van der Waals surface area contributed by atoms with Gasteiger partial charge in [-0.05, 0) is 51.2 Å². The van der Waals surface area contributed by atoms with Crippen molar-refractivity contribution in [3.05, 3.63) is 53.1 Å². The van der Waals surface area contributed by atoms with Crippen LogP contribution in [-0.2, 0) is 23.0 Å². The molecule has 0 radical (unpaired) electrons. The summed E-state index contributed by atoms with van der Waals surface area (Å²) in [6, 6.07) is 9.75. The van der Waals surface area contributed by atoms with Crippen molar-refractivity contribution in [2.75, 3.05) is 13.7 Å². The standard InChI is InChI=1S/C20H24N2O5S/c1-4-26-18-10-15-8-13(2)27-19(15)11-16(18)12-22-20(23)14-6-5-7-17(9-14)28(24,25)21-3/h5-7,9-11,13,21H,4,8,12H2,1-3H3,(H,22,23)/t13-/m1/s1. The molecule has 0 saturated heterocycles. The van der Waals surface area contributed by atoms with E-state index in [9.17, 15) is 13.2 Å². The van der Waals surface area contributed by atoms with Gasteiger partial charge < -0.3 is 14.8 Å². The Labute approximate surface area is 165 Å². The number of nitrogens with one attached hydrogen (secondary N) is 2. The molecule has 2 aromatic rings. The average molecular weight is 404 g/mol. The first-order valence-electron chi connectivity index (χ1n) is 9.11. The molecular weight excluding hydrogens is 380 g/mol. The Balaban J connectivity index is 1.78. The predicted octanol–water partition coefficient (Wildman–Crippen LogP) is 2.25. The molecule has 0 spiro atoms. The predicted molar refractivity (Wildman–Crippen MR) is 105 cm³/mol. The van der Waals surface area contributed by atoms with Crippen molar-refractivity contribution >= 4 is 15.9 Å². The molecule has 7 nitrogen and oxygen atoms in total. The number of hydrogen-bond donors (Lipinski definition) is 2. The molecule has 2 aromatic carbocycles. The Kier molecular flexibility index (Phi) is 5.90. The molecule has 2 N–H and O–H groups in total. The fourth-order valence-corrected chi connectivity index (χ4v) is 3.88. The number of fused-ring (bicyclic) bond motifs is 1. The smallest absolute Gasteiger partial charge is 0.251 e. The van der Waals surface area contributed by atoms with E-state index in [-0.39, 0.29) is 29.0 Å². The Bertz CT molecular complexity index is 988. The molecule has 0 aliphatic carbocycles. The van der Waals surface area contributed by atoms with Gasteiger partial charge in [0, 0.05) is 29.7 Å². The number of hydrogen-bond acceptors (Lipinski definition) is 5. The second-order valence-corrected chi connectivity index (χ2v) is 8.44. The normalized spacial score (nSPS) is 15.6. The molecule has 1 atom stereocenters. The van der Waals surface area contributed by atoms with Crippen LogP contribution in [0, 0.1) is 0 Å². The third-order valence-corrected chi connectivity index (χ3v) is 5.91. The number of rotatable bonds is 7. The summed E-state index contributed by atoms with van der Waals surface area (Å²) in [5.74, 6) is 1.15. The van der Waals surface area contributed by atoms with Crippen LogP contribution in [0.3, 0.4) is 0 Å². The van der Waals surface area contributed by atoms with Crippen LogP contribution < -0.4 is 19.5 Å². The highest BCUT2D eigenvalue weighted by molar-refractivity contribution is 7.89. The van der Waals surface area contributed by atoms with E-state index in [1.54, 1.807) is 6.07 Å². The summed E-state index contributed by atoms with van der Waals surface area (Å²) in [6.07, 6.45) is 0.945. The third kappa shape index (κ3) is 4.28. The molecule has 8 heteroatoms. The van der Waals surface area contributed by atoms with Gasteiger partial charge >= 0.3 is 0 Å². The van der Waals surface area contributed by atoms with E-state index in [0.717, 1.165) is 23.3 Å². The maximum atomic E-state index is 12.5. The molecule has 0 bridgehead atoms. The molecule has 0 fully saturated rings. The van der Waals surface area contributed by atoms with Crippen LogP contribution in [0.5, 0.6) is 11.5 Å². The minimum Gasteiger partial charge on any atom is -0.494 e. The lowest BCUT2D eigenvalue weighted by molar-refractivity contribution is 0.0950. The van der Waals surface area contributed by atoms with Crippen molar-refractivity contribution in [2.24, 2.45) is 0 Å². The van der Waals surface area contributed by atoms with Crippen molar-refractivity contribution in [1.29, 1.82) is 0 Å². The zero-order valence-corrected chi connectivity index (χ0v) is 16.9. The lowest BCUT2D eigenvalue weighted by atomic mass is 10.1. The summed E-state index contributed by atoms with van der Waals surface area (Å²) in [5.41, 5.74) is 2.17. The van der Waals surface area contributed by atoms with Crippen molar-refractivity contribution in [3.8, 4) is 11.5 Å². The highest BCUT2D eigenvalue weighted by Crippen LogP contribution is 2.35. The summed E-state index contributed by atoms with van der Waals surface area (Å²) in [7, 11) is -2.29. The van der Waals surface area contributed by atoms with E-state index < -0.39 is 10.0 Å². The quantitative estimate of drug-likeness (QED) is 0.738. The molecule has 0 unspecified atom stereocenters. The van der Waals surface area contributed by atoms with E-state index >= 15 is 0 Å². The van der Waals surface area contributed by atoms with Gasteiger partial charge in [0.25, 0.3) is 5.91 Å². The highest BCUT2D eigenvalue weighted by Gasteiger charge is 2.22. The molecule has 1 amide bonds. The summed E-state index contributed by atoms with van der Waals surface area (Å²) in [4.78, 5) is 12.6. The van der Waals surface area contributed by atoms with Gasteiger partial charge in [0.05, 0.1) is 11.5 Å². The van der Waals surface area contributed by atoms with Crippen LogP contribution in [0.1, 0.15) is 35.3 Å². The Morgan fingerprint density at radius 3 is 2.79 bits per heavy atom. The van der Waals surface area contributed by atoms with Crippen LogP contribution in [0.25, 0.3) is 0 Å². The summed E-state index contributed by atoms with van der Waals surface area (Å²) < 4.78 is 37.6. The number of benzene rings is 2. The average Bonchev–Trinajstić information content (AvgIpc) is 3.05. The minimum absolute atomic E-state index is 0.0394. The van der Waals surface area contributed by atoms with Crippen LogP contribution in [0.4, 0.5) is 0 Å². The number of amides is 1. The van der Waals surface area contributed by atoms with Gasteiger partial charge in [-0.3, -0.25) is 4.79 Å².